The SMILES string of the molecule is CN(Cc1cc(C(F)(F)F)cc(C(F)(F)F)c1)C(=O)Cc1c(-c2ccccc2)c2cc(Cl)ccc2c(=O)n1C. The number of amides is 1. The number of rotatable bonds is 5. The maximum atomic E-state index is 13.3. The van der Waals surface area contributed by atoms with Crippen LogP contribution in [0.1, 0.15) is 22.4 Å². The molecule has 0 saturated heterocycles. The fourth-order valence-corrected chi connectivity index (χ4v) is 4.59. The molecule has 0 aliphatic rings. The Balaban J connectivity index is 1.76. The maximum absolute atomic E-state index is 13.3. The lowest BCUT2D eigenvalue weighted by atomic mass is 9.95. The van der Waals surface area contributed by atoms with Crippen molar-refractivity contribution in [2.24, 2.45) is 7.05 Å². The molecule has 4 nitrogen and oxygen atoms in total. The van der Waals surface area contributed by atoms with Gasteiger partial charge in [0.25, 0.3) is 5.56 Å². The minimum Gasteiger partial charge on any atom is -0.341 e. The van der Waals surface area contributed by atoms with E-state index in [1.807, 2.05) is 0 Å². The summed E-state index contributed by atoms with van der Waals surface area (Å²) in [4.78, 5) is 27.4. The van der Waals surface area contributed by atoms with Crippen LogP contribution in [0.15, 0.2) is 71.5 Å². The van der Waals surface area contributed by atoms with Gasteiger partial charge in [0.15, 0.2) is 0 Å². The molecule has 3 aromatic carbocycles. The van der Waals surface area contributed by atoms with Crippen LogP contribution in [0.5, 0.6) is 0 Å². The van der Waals surface area contributed by atoms with Crippen molar-refractivity contribution in [2.75, 3.05) is 7.05 Å². The predicted octanol–water partition coefficient (Wildman–Crippen LogP) is 7.10. The molecule has 0 saturated carbocycles. The molecular formula is C28H21ClF6N2O2. The number of hydrogen-bond donors (Lipinski definition) is 0. The highest BCUT2D eigenvalue weighted by molar-refractivity contribution is 6.31. The zero-order chi connectivity index (χ0) is 28.7. The van der Waals surface area contributed by atoms with Crippen molar-refractivity contribution < 1.29 is 31.1 Å². The minimum absolute atomic E-state index is 0.0352. The number of benzene rings is 3. The summed E-state index contributed by atoms with van der Waals surface area (Å²) in [7, 11) is 2.77. The van der Waals surface area contributed by atoms with E-state index in [9.17, 15) is 35.9 Å². The van der Waals surface area contributed by atoms with Crippen LogP contribution in [0.2, 0.25) is 5.02 Å². The number of carbonyl (C=O) groups is 1. The molecule has 11 heteroatoms. The molecule has 39 heavy (non-hydrogen) atoms. The Labute approximate surface area is 224 Å². The number of alkyl halides is 6. The molecule has 4 rings (SSSR count). The van der Waals surface area contributed by atoms with Crippen LogP contribution in [0.25, 0.3) is 21.9 Å². The van der Waals surface area contributed by atoms with Gasteiger partial charge in [-0.05, 0) is 52.9 Å². The van der Waals surface area contributed by atoms with Crippen molar-refractivity contribution in [1.82, 2.24) is 9.47 Å². The highest BCUT2D eigenvalue weighted by Gasteiger charge is 2.37. The first-order chi connectivity index (χ1) is 18.2. The number of hydrogen-bond acceptors (Lipinski definition) is 2. The Morgan fingerprint density at radius 1 is 0.872 bits per heavy atom. The van der Waals surface area contributed by atoms with Crippen molar-refractivity contribution in [2.45, 2.75) is 25.3 Å². The lowest BCUT2D eigenvalue weighted by Gasteiger charge is -2.22. The molecule has 0 fully saturated rings. The summed E-state index contributed by atoms with van der Waals surface area (Å²) in [5.41, 5.74) is -2.08. The number of nitrogens with zero attached hydrogens (tertiary/aromatic N) is 2. The standard InChI is InChI=1S/C28H21ClF6N2O2/c1-36(15-16-10-18(27(30,31)32)12-19(11-16)28(33,34)35)24(38)14-23-25(17-6-4-3-5-7-17)22-13-20(29)8-9-21(22)26(39)37(23)2/h3-13H,14-15H2,1-2H3. The molecule has 0 spiro atoms. The van der Waals surface area contributed by atoms with Crippen molar-refractivity contribution in [3.63, 3.8) is 0 Å². The molecule has 1 aromatic heterocycles. The molecule has 0 bridgehead atoms. The van der Waals surface area contributed by atoms with E-state index in [4.69, 9.17) is 11.6 Å². The van der Waals surface area contributed by atoms with E-state index in [0.29, 0.717) is 44.7 Å². The average molecular weight is 567 g/mol. The van der Waals surface area contributed by atoms with Gasteiger partial charge in [-0.2, -0.15) is 26.3 Å². The summed E-state index contributed by atoms with van der Waals surface area (Å²) in [5.74, 6) is -0.616. The summed E-state index contributed by atoms with van der Waals surface area (Å²) in [6.07, 6.45) is -10.4. The molecule has 1 heterocycles. The number of carbonyl (C=O) groups excluding carboxylic acids is 1. The van der Waals surface area contributed by atoms with Crippen LogP contribution in [0.4, 0.5) is 26.3 Å². The van der Waals surface area contributed by atoms with Gasteiger partial charge in [-0.15, -0.1) is 0 Å². The maximum Gasteiger partial charge on any atom is 0.416 e. The smallest absolute Gasteiger partial charge is 0.341 e. The molecule has 0 aliphatic carbocycles. The first kappa shape index (κ1) is 28.2. The van der Waals surface area contributed by atoms with Gasteiger partial charge in [-0.3, -0.25) is 9.59 Å². The van der Waals surface area contributed by atoms with Crippen LogP contribution in [-0.2, 0) is 37.2 Å². The van der Waals surface area contributed by atoms with Crippen LogP contribution in [0.3, 0.4) is 0 Å². The van der Waals surface area contributed by atoms with Gasteiger partial charge in [0.1, 0.15) is 0 Å². The Kier molecular flexibility index (Phi) is 7.53. The Morgan fingerprint density at radius 3 is 2.03 bits per heavy atom. The highest BCUT2D eigenvalue weighted by atomic mass is 35.5. The average Bonchev–Trinajstić information content (AvgIpc) is 2.86. The zero-order valence-corrected chi connectivity index (χ0v) is 21.4. The quantitative estimate of drug-likeness (QED) is 0.242. The Hall–Kier alpha value is -3.79. The highest BCUT2D eigenvalue weighted by Crippen LogP contribution is 2.37. The van der Waals surface area contributed by atoms with Crippen molar-refractivity contribution in [3.8, 4) is 11.1 Å². The minimum atomic E-state index is -5.01. The van der Waals surface area contributed by atoms with E-state index in [1.54, 1.807) is 48.5 Å². The molecule has 4 aromatic rings. The third-order valence-electron chi connectivity index (χ3n) is 6.35. The summed E-state index contributed by atoms with van der Waals surface area (Å²) < 4.78 is 81.0. The van der Waals surface area contributed by atoms with E-state index < -0.39 is 35.9 Å². The second kappa shape index (κ2) is 10.4. The van der Waals surface area contributed by atoms with Gasteiger partial charge in [0.05, 0.1) is 17.5 Å². The molecule has 0 atom stereocenters. The van der Waals surface area contributed by atoms with Crippen LogP contribution in [-0.4, -0.2) is 22.4 Å². The van der Waals surface area contributed by atoms with Crippen molar-refractivity contribution in [3.05, 3.63) is 104 Å². The van der Waals surface area contributed by atoms with Gasteiger partial charge < -0.3 is 9.47 Å². The first-order valence-corrected chi connectivity index (χ1v) is 11.9. The second-order valence-electron chi connectivity index (χ2n) is 9.08. The first-order valence-electron chi connectivity index (χ1n) is 11.6. The Bertz CT molecular complexity index is 1580. The van der Waals surface area contributed by atoms with Crippen molar-refractivity contribution >= 4 is 28.3 Å². The topological polar surface area (TPSA) is 42.3 Å². The molecule has 0 N–H and O–H groups in total. The molecule has 0 unspecified atom stereocenters. The van der Waals surface area contributed by atoms with Gasteiger partial charge in [-0.1, -0.05) is 41.9 Å². The third-order valence-corrected chi connectivity index (χ3v) is 6.59. The predicted molar refractivity (Wildman–Crippen MR) is 136 cm³/mol. The monoisotopic (exact) mass is 566 g/mol. The molecule has 0 radical (unpaired) electrons. The normalized spacial score (nSPS) is 12.1. The summed E-state index contributed by atoms with van der Waals surface area (Å²) in [6.45, 7) is -0.514. The fraction of sp³-hybridized carbons (Fsp3) is 0.214. The lowest BCUT2D eigenvalue weighted by Crippen LogP contribution is -2.31. The van der Waals surface area contributed by atoms with Gasteiger partial charge in [0, 0.05) is 42.3 Å². The van der Waals surface area contributed by atoms with Gasteiger partial charge in [-0.25, -0.2) is 0 Å². The number of aromatic nitrogens is 1. The van der Waals surface area contributed by atoms with E-state index in [2.05, 4.69) is 0 Å². The summed E-state index contributed by atoms with van der Waals surface area (Å²) >= 11 is 6.21. The molecular weight excluding hydrogens is 546 g/mol. The molecule has 1 amide bonds. The Morgan fingerprint density at radius 2 is 1.46 bits per heavy atom. The van der Waals surface area contributed by atoms with Crippen molar-refractivity contribution in [1.29, 1.82) is 0 Å². The summed E-state index contributed by atoms with van der Waals surface area (Å²) in [6, 6.07) is 14.9. The van der Waals surface area contributed by atoms with E-state index >= 15 is 0 Å². The zero-order valence-electron chi connectivity index (χ0n) is 20.6. The van der Waals surface area contributed by atoms with Crippen LogP contribution in [0, 0.1) is 0 Å². The molecule has 204 valence electrons. The molecule has 0 aliphatic heterocycles. The van der Waals surface area contributed by atoms with E-state index in [1.165, 1.54) is 18.7 Å². The largest absolute Gasteiger partial charge is 0.416 e. The van der Waals surface area contributed by atoms with E-state index in [0.717, 1.165) is 4.90 Å². The summed E-state index contributed by atoms with van der Waals surface area (Å²) in [5, 5.41) is 1.25. The lowest BCUT2D eigenvalue weighted by molar-refractivity contribution is -0.143. The number of fused-ring (bicyclic) bond motifs is 1. The van der Waals surface area contributed by atoms with Crippen LogP contribution >= 0.6 is 11.6 Å². The van der Waals surface area contributed by atoms with E-state index in [-0.39, 0.29) is 23.6 Å². The van der Waals surface area contributed by atoms with Gasteiger partial charge >= 0.3 is 12.4 Å². The third kappa shape index (κ3) is 5.95. The van der Waals surface area contributed by atoms with Crippen LogP contribution < -0.4 is 5.56 Å². The fourth-order valence-electron chi connectivity index (χ4n) is 4.42. The number of halogens is 7. The van der Waals surface area contributed by atoms with Gasteiger partial charge in [0.2, 0.25) is 5.91 Å². The number of likely N-dealkylation sites (N-methyl/N-ethyl adjacent to an activating group) is 1. The number of pyridine rings is 1. The second-order valence-corrected chi connectivity index (χ2v) is 9.52.